The molecule has 0 saturated carbocycles. The number of hydrogen-bond acceptors (Lipinski definition) is 7. The first-order chi connectivity index (χ1) is 15.2. The molecule has 3 aromatic rings. The van der Waals surface area contributed by atoms with Gasteiger partial charge in [-0.05, 0) is 25.1 Å². The second kappa shape index (κ2) is 9.49. The number of alkyl halides is 3. The number of carbonyl (C=O) groups is 2. The summed E-state index contributed by atoms with van der Waals surface area (Å²) in [5.41, 5.74) is 2.44. The van der Waals surface area contributed by atoms with E-state index < -0.39 is 12.1 Å². The minimum atomic E-state index is -5.08. The molecule has 0 unspecified atom stereocenters. The summed E-state index contributed by atoms with van der Waals surface area (Å²) in [6.45, 7) is 3.74. The van der Waals surface area contributed by atoms with Crippen LogP contribution in [0.25, 0.3) is 0 Å². The van der Waals surface area contributed by atoms with Crippen LogP contribution >= 0.6 is 0 Å². The van der Waals surface area contributed by atoms with Gasteiger partial charge in [-0.1, -0.05) is 5.21 Å². The summed E-state index contributed by atoms with van der Waals surface area (Å²) < 4.78 is 44.6. The molecule has 0 spiro atoms. The van der Waals surface area contributed by atoms with Crippen LogP contribution < -0.4 is 4.74 Å². The molecule has 4 heterocycles. The van der Waals surface area contributed by atoms with Crippen LogP contribution in [0.4, 0.5) is 13.2 Å². The molecule has 0 aromatic carbocycles. The summed E-state index contributed by atoms with van der Waals surface area (Å²) in [5.74, 6) is -1.82. The molecule has 0 aliphatic carbocycles. The second-order valence-corrected chi connectivity index (χ2v) is 6.65. The van der Waals surface area contributed by atoms with E-state index in [0.717, 1.165) is 17.0 Å². The second-order valence-electron chi connectivity index (χ2n) is 6.65. The highest BCUT2D eigenvalue weighted by Crippen LogP contribution is 2.20. The first-order valence-corrected chi connectivity index (χ1v) is 9.24. The monoisotopic (exact) mass is 453 g/mol. The molecule has 0 radical (unpaired) electrons. The summed E-state index contributed by atoms with van der Waals surface area (Å²) in [5, 5.41) is 15.5. The number of aromatic nitrogens is 4. The number of ether oxygens (including phenoxy) is 1. The molecule has 10 nitrogen and oxygen atoms in total. The third-order valence-corrected chi connectivity index (χ3v) is 4.44. The van der Waals surface area contributed by atoms with Crippen LogP contribution in [0.5, 0.6) is 5.75 Å². The van der Waals surface area contributed by atoms with Crippen LogP contribution in [0.3, 0.4) is 0 Å². The predicted molar refractivity (Wildman–Crippen MR) is 100 cm³/mol. The lowest BCUT2D eigenvalue weighted by Crippen LogP contribution is -2.39. The highest BCUT2D eigenvalue weighted by molar-refractivity contribution is 5.92. The van der Waals surface area contributed by atoms with Gasteiger partial charge in [0.25, 0.3) is 5.91 Å². The first kappa shape index (κ1) is 22.8. The van der Waals surface area contributed by atoms with Gasteiger partial charge in [0.1, 0.15) is 18.1 Å². The number of halogens is 3. The Morgan fingerprint density at radius 3 is 2.62 bits per heavy atom. The van der Waals surface area contributed by atoms with Crippen molar-refractivity contribution >= 4 is 11.9 Å². The third kappa shape index (κ3) is 5.42. The first-order valence-electron chi connectivity index (χ1n) is 9.24. The number of carbonyl (C=O) groups excluding carboxylic acids is 1. The molecule has 1 aliphatic heterocycles. The summed E-state index contributed by atoms with van der Waals surface area (Å²) in [4.78, 5) is 27.3. The molecule has 0 bridgehead atoms. The lowest BCUT2D eigenvalue weighted by Gasteiger charge is -2.27. The molecule has 4 rings (SSSR count). The summed E-state index contributed by atoms with van der Waals surface area (Å²) in [6.07, 6.45) is -0.218. The van der Waals surface area contributed by atoms with Gasteiger partial charge in [0.05, 0.1) is 31.2 Å². The molecule has 3 aromatic heterocycles. The average molecular weight is 453 g/mol. The predicted octanol–water partition coefficient (Wildman–Crippen LogP) is 2.44. The zero-order valence-electron chi connectivity index (χ0n) is 16.7. The fourth-order valence-electron chi connectivity index (χ4n) is 2.80. The fourth-order valence-corrected chi connectivity index (χ4v) is 2.80. The zero-order chi connectivity index (χ0) is 23.3. The Morgan fingerprint density at radius 2 is 2.03 bits per heavy atom. The van der Waals surface area contributed by atoms with E-state index in [1.54, 1.807) is 23.4 Å². The number of aliphatic carboxylic acids is 1. The molecule has 0 atom stereocenters. The Bertz CT molecular complexity index is 1080. The zero-order valence-corrected chi connectivity index (χ0v) is 16.7. The largest absolute Gasteiger partial charge is 0.490 e. The normalized spacial score (nSPS) is 13.1. The third-order valence-electron chi connectivity index (χ3n) is 4.44. The molecule has 32 heavy (non-hydrogen) atoms. The molecule has 1 amide bonds. The molecule has 0 saturated heterocycles. The molecule has 170 valence electrons. The molecule has 1 N–H and O–H groups in total. The highest BCUT2D eigenvalue weighted by Gasteiger charge is 2.38. The topological polar surface area (TPSA) is 124 Å². The van der Waals surface area contributed by atoms with E-state index >= 15 is 0 Å². The smallest absolute Gasteiger partial charge is 0.486 e. The number of pyridine rings is 1. The van der Waals surface area contributed by atoms with Crippen molar-refractivity contribution in [2.45, 2.75) is 32.8 Å². The maximum Gasteiger partial charge on any atom is 0.490 e. The van der Waals surface area contributed by atoms with Crippen LogP contribution in [0.1, 0.15) is 27.5 Å². The lowest BCUT2D eigenvalue weighted by molar-refractivity contribution is -0.192. The molecular weight excluding hydrogens is 435 g/mol. The van der Waals surface area contributed by atoms with Crippen molar-refractivity contribution in [3.8, 4) is 5.75 Å². The van der Waals surface area contributed by atoms with E-state index in [-0.39, 0.29) is 12.5 Å². The van der Waals surface area contributed by atoms with Crippen molar-refractivity contribution in [2.24, 2.45) is 0 Å². The minimum absolute atomic E-state index is 0.117. The Balaban J connectivity index is 0.000000360. The van der Waals surface area contributed by atoms with Gasteiger partial charge in [0, 0.05) is 18.3 Å². The molecule has 1 aliphatic rings. The van der Waals surface area contributed by atoms with E-state index in [1.165, 1.54) is 6.26 Å². The molecular formula is C19H18F3N5O5. The van der Waals surface area contributed by atoms with E-state index in [2.05, 4.69) is 15.3 Å². The number of aryl methyl sites for hydroxylation is 1. The quantitative estimate of drug-likeness (QED) is 0.639. The summed E-state index contributed by atoms with van der Waals surface area (Å²) in [6, 6.07) is 5.43. The van der Waals surface area contributed by atoms with Gasteiger partial charge in [-0.15, -0.1) is 5.10 Å². The SMILES string of the molecule is Cc1ccoc1C(=O)N1CCn2nnc(COc3cccnc3)c2C1.O=C(O)C(F)(F)F. The summed E-state index contributed by atoms with van der Waals surface area (Å²) >= 11 is 0. The Hall–Kier alpha value is -3.90. The van der Waals surface area contributed by atoms with Crippen molar-refractivity contribution in [2.75, 3.05) is 6.54 Å². The van der Waals surface area contributed by atoms with Gasteiger partial charge < -0.3 is 19.2 Å². The fraction of sp³-hybridized carbons (Fsp3) is 0.316. The van der Waals surface area contributed by atoms with Gasteiger partial charge in [-0.3, -0.25) is 9.78 Å². The van der Waals surface area contributed by atoms with Crippen LogP contribution in [0.2, 0.25) is 0 Å². The van der Waals surface area contributed by atoms with Crippen LogP contribution in [0, 0.1) is 6.92 Å². The van der Waals surface area contributed by atoms with Crippen molar-refractivity contribution in [1.29, 1.82) is 0 Å². The number of carboxylic acids is 1. The van der Waals surface area contributed by atoms with Crippen LogP contribution in [0.15, 0.2) is 41.3 Å². The number of furan rings is 1. The standard InChI is InChI=1S/C17H17N5O3.C2HF3O2/c1-12-4-8-24-16(12)17(23)21-6-7-22-15(10-21)14(19-20-22)11-25-13-3-2-5-18-9-13;3-2(4,5)1(6)7/h2-5,8-9H,6-7,10-11H2,1H3;(H,6,7). The van der Waals surface area contributed by atoms with Crippen molar-refractivity contribution in [1.82, 2.24) is 24.9 Å². The number of amides is 1. The maximum atomic E-state index is 12.6. The number of carboxylic acid groups (broad SMARTS) is 1. The average Bonchev–Trinajstić information content (AvgIpc) is 3.37. The molecule has 0 fully saturated rings. The van der Waals surface area contributed by atoms with Crippen molar-refractivity contribution in [3.05, 3.63) is 59.6 Å². The lowest BCUT2D eigenvalue weighted by atomic mass is 10.2. The van der Waals surface area contributed by atoms with Gasteiger partial charge in [-0.25, -0.2) is 9.48 Å². The highest BCUT2D eigenvalue weighted by atomic mass is 19.4. The molecule has 13 heteroatoms. The van der Waals surface area contributed by atoms with Crippen LogP contribution in [-0.4, -0.2) is 54.6 Å². The Labute approximate surface area is 179 Å². The minimum Gasteiger partial charge on any atom is -0.486 e. The van der Waals surface area contributed by atoms with Crippen LogP contribution in [-0.2, 0) is 24.5 Å². The van der Waals surface area contributed by atoms with Crippen molar-refractivity contribution < 1.29 is 37.0 Å². The van der Waals surface area contributed by atoms with E-state index in [9.17, 15) is 18.0 Å². The maximum absolute atomic E-state index is 12.6. The number of hydrogen-bond donors (Lipinski definition) is 1. The van der Waals surface area contributed by atoms with E-state index in [1.807, 2.05) is 23.7 Å². The summed E-state index contributed by atoms with van der Waals surface area (Å²) in [7, 11) is 0. The Morgan fingerprint density at radius 1 is 1.28 bits per heavy atom. The van der Waals surface area contributed by atoms with E-state index in [0.29, 0.717) is 31.1 Å². The van der Waals surface area contributed by atoms with Gasteiger partial charge in [-0.2, -0.15) is 13.2 Å². The number of rotatable bonds is 4. The number of nitrogens with zero attached hydrogens (tertiary/aromatic N) is 5. The Kier molecular flexibility index (Phi) is 6.76. The van der Waals surface area contributed by atoms with Crippen molar-refractivity contribution in [3.63, 3.8) is 0 Å². The van der Waals surface area contributed by atoms with Gasteiger partial charge in [0.2, 0.25) is 0 Å². The number of fused-ring (bicyclic) bond motifs is 1. The van der Waals surface area contributed by atoms with Gasteiger partial charge >= 0.3 is 12.1 Å². The van der Waals surface area contributed by atoms with Gasteiger partial charge in [0.15, 0.2) is 5.76 Å². The van der Waals surface area contributed by atoms with E-state index in [4.69, 9.17) is 19.1 Å².